The van der Waals surface area contributed by atoms with Crippen LogP contribution in [0.25, 0.3) is 0 Å². The minimum Gasteiger partial charge on any atom is -0.351 e. The number of rotatable bonds is 3. The predicted molar refractivity (Wildman–Crippen MR) is 68.9 cm³/mol. The standard InChI is InChI=1S/C13H25N3O/c1-13(2,3)14-8-12(17)15-11-9-16-6-4-10(11)5-7-16/h10-11,14H,4-9H2,1-3H3,(H,15,17). The van der Waals surface area contributed by atoms with E-state index in [2.05, 4.69) is 36.3 Å². The topological polar surface area (TPSA) is 44.4 Å². The molecule has 4 nitrogen and oxygen atoms in total. The molecule has 4 heteroatoms. The zero-order chi connectivity index (χ0) is 12.5. The van der Waals surface area contributed by atoms with Crippen molar-refractivity contribution < 1.29 is 4.79 Å². The monoisotopic (exact) mass is 239 g/mol. The second-order valence-electron chi connectivity index (χ2n) is 6.42. The Labute approximate surface area is 104 Å². The molecule has 0 aromatic carbocycles. The second kappa shape index (κ2) is 4.94. The van der Waals surface area contributed by atoms with Crippen LogP contribution in [0.2, 0.25) is 0 Å². The zero-order valence-electron chi connectivity index (χ0n) is 11.3. The fourth-order valence-electron chi connectivity index (χ4n) is 2.73. The van der Waals surface area contributed by atoms with Crippen LogP contribution in [0.5, 0.6) is 0 Å². The highest BCUT2D eigenvalue weighted by molar-refractivity contribution is 5.78. The van der Waals surface area contributed by atoms with Gasteiger partial charge in [0.25, 0.3) is 0 Å². The van der Waals surface area contributed by atoms with Crippen molar-refractivity contribution in [2.45, 2.75) is 45.2 Å². The highest BCUT2D eigenvalue weighted by Gasteiger charge is 2.34. The Morgan fingerprint density at radius 3 is 2.41 bits per heavy atom. The van der Waals surface area contributed by atoms with Crippen LogP contribution in [0.15, 0.2) is 0 Å². The van der Waals surface area contributed by atoms with E-state index in [0.29, 0.717) is 18.5 Å². The van der Waals surface area contributed by atoms with Gasteiger partial charge in [-0.15, -0.1) is 0 Å². The normalized spacial score (nSPS) is 32.5. The van der Waals surface area contributed by atoms with Gasteiger partial charge < -0.3 is 15.5 Å². The van der Waals surface area contributed by atoms with Gasteiger partial charge in [-0.25, -0.2) is 0 Å². The van der Waals surface area contributed by atoms with Gasteiger partial charge >= 0.3 is 0 Å². The predicted octanol–water partition coefficient (Wildman–Crippen LogP) is 0.585. The SMILES string of the molecule is CC(C)(C)NCC(=O)NC1CN2CCC1CC2. The number of carbonyl (C=O) groups excluding carboxylic acids is 1. The van der Waals surface area contributed by atoms with Crippen molar-refractivity contribution in [3.63, 3.8) is 0 Å². The van der Waals surface area contributed by atoms with E-state index in [-0.39, 0.29) is 11.4 Å². The number of hydrogen-bond donors (Lipinski definition) is 2. The largest absolute Gasteiger partial charge is 0.351 e. The van der Waals surface area contributed by atoms with E-state index in [9.17, 15) is 4.79 Å². The smallest absolute Gasteiger partial charge is 0.234 e. The Balaban J connectivity index is 1.75. The molecule has 3 rings (SSSR count). The lowest BCUT2D eigenvalue weighted by molar-refractivity contribution is -0.122. The lowest BCUT2D eigenvalue weighted by atomic mass is 9.84. The molecule has 0 radical (unpaired) electrons. The molecule has 1 atom stereocenters. The third-order valence-electron chi connectivity index (χ3n) is 3.78. The third-order valence-corrected chi connectivity index (χ3v) is 3.78. The zero-order valence-corrected chi connectivity index (χ0v) is 11.3. The summed E-state index contributed by atoms with van der Waals surface area (Å²) in [7, 11) is 0. The summed E-state index contributed by atoms with van der Waals surface area (Å²) in [6, 6.07) is 0.381. The van der Waals surface area contributed by atoms with Crippen LogP contribution in [0.1, 0.15) is 33.6 Å². The maximum atomic E-state index is 11.8. The van der Waals surface area contributed by atoms with Crippen LogP contribution >= 0.6 is 0 Å². The van der Waals surface area contributed by atoms with E-state index in [1.165, 1.54) is 25.9 Å². The van der Waals surface area contributed by atoms with Crippen LogP contribution in [-0.4, -0.2) is 48.6 Å². The fourth-order valence-corrected chi connectivity index (χ4v) is 2.73. The van der Waals surface area contributed by atoms with Crippen molar-refractivity contribution in [2.24, 2.45) is 5.92 Å². The van der Waals surface area contributed by atoms with Crippen LogP contribution in [0.4, 0.5) is 0 Å². The summed E-state index contributed by atoms with van der Waals surface area (Å²) < 4.78 is 0. The molecule has 0 aromatic heterocycles. The van der Waals surface area contributed by atoms with Gasteiger partial charge in [-0.05, 0) is 52.6 Å². The van der Waals surface area contributed by atoms with Gasteiger partial charge in [0.1, 0.15) is 0 Å². The van der Waals surface area contributed by atoms with Crippen LogP contribution in [0.3, 0.4) is 0 Å². The molecule has 3 aliphatic rings. The summed E-state index contributed by atoms with van der Waals surface area (Å²) in [5, 5.41) is 6.41. The Hall–Kier alpha value is -0.610. The molecule has 17 heavy (non-hydrogen) atoms. The molecule has 3 saturated heterocycles. The maximum absolute atomic E-state index is 11.8. The first kappa shape index (κ1) is 12.8. The number of nitrogens with zero attached hydrogens (tertiary/aromatic N) is 1. The van der Waals surface area contributed by atoms with Gasteiger partial charge in [0.2, 0.25) is 5.91 Å². The molecule has 2 N–H and O–H groups in total. The third kappa shape index (κ3) is 3.68. The van der Waals surface area contributed by atoms with Crippen molar-refractivity contribution in [2.75, 3.05) is 26.2 Å². The Bertz CT molecular complexity index is 277. The maximum Gasteiger partial charge on any atom is 0.234 e. The Morgan fingerprint density at radius 2 is 1.94 bits per heavy atom. The molecule has 3 heterocycles. The highest BCUT2D eigenvalue weighted by atomic mass is 16.2. The minimum absolute atomic E-state index is 0.00636. The lowest BCUT2D eigenvalue weighted by Crippen LogP contribution is -2.58. The molecule has 0 aliphatic carbocycles. The van der Waals surface area contributed by atoms with Gasteiger partial charge in [0.05, 0.1) is 6.54 Å². The number of carbonyl (C=O) groups is 1. The number of fused-ring (bicyclic) bond motifs is 3. The number of hydrogen-bond acceptors (Lipinski definition) is 3. The Morgan fingerprint density at radius 1 is 1.29 bits per heavy atom. The lowest BCUT2D eigenvalue weighted by Gasteiger charge is -2.45. The summed E-state index contributed by atoms with van der Waals surface area (Å²) in [6.07, 6.45) is 2.50. The van der Waals surface area contributed by atoms with Crippen molar-refractivity contribution in [1.82, 2.24) is 15.5 Å². The number of piperidine rings is 3. The van der Waals surface area contributed by atoms with E-state index < -0.39 is 0 Å². The van der Waals surface area contributed by atoms with Crippen LogP contribution in [-0.2, 0) is 4.79 Å². The summed E-state index contributed by atoms with van der Waals surface area (Å²) in [5.74, 6) is 0.845. The van der Waals surface area contributed by atoms with Gasteiger partial charge in [-0.1, -0.05) is 0 Å². The first-order chi connectivity index (χ1) is 7.94. The summed E-state index contributed by atoms with van der Waals surface area (Å²) in [5.41, 5.74) is 0.00636. The first-order valence-corrected chi connectivity index (χ1v) is 6.71. The molecule has 3 fully saturated rings. The first-order valence-electron chi connectivity index (χ1n) is 6.71. The molecule has 0 saturated carbocycles. The summed E-state index contributed by atoms with van der Waals surface area (Å²) >= 11 is 0. The molecule has 98 valence electrons. The quantitative estimate of drug-likeness (QED) is 0.757. The average molecular weight is 239 g/mol. The molecule has 0 aromatic rings. The molecule has 1 amide bonds. The van der Waals surface area contributed by atoms with E-state index in [0.717, 1.165) is 6.54 Å². The molecule has 2 bridgehead atoms. The molecule has 3 aliphatic heterocycles. The molecule has 0 spiro atoms. The van der Waals surface area contributed by atoms with E-state index in [1.54, 1.807) is 0 Å². The summed E-state index contributed by atoms with van der Waals surface area (Å²) in [6.45, 7) is 10.1. The van der Waals surface area contributed by atoms with Gasteiger partial charge in [-0.3, -0.25) is 4.79 Å². The number of amides is 1. The van der Waals surface area contributed by atoms with Crippen molar-refractivity contribution >= 4 is 5.91 Å². The second-order valence-corrected chi connectivity index (χ2v) is 6.42. The van der Waals surface area contributed by atoms with Gasteiger partial charge in [-0.2, -0.15) is 0 Å². The Kier molecular flexibility index (Phi) is 3.73. The summed E-state index contributed by atoms with van der Waals surface area (Å²) in [4.78, 5) is 14.3. The average Bonchev–Trinajstić information content (AvgIpc) is 2.27. The van der Waals surface area contributed by atoms with E-state index >= 15 is 0 Å². The van der Waals surface area contributed by atoms with Crippen LogP contribution < -0.4 is 10.6 Å². The molecular weight excluding hydrogens is 214 g/mol. The fraction of sp³-hybridized carbons (Fsp3) is 0.923. The van der Waals surface area contributed by atoms with E-state index in [4.69, 9.17) is 0 Å². The minimum atomic E-state index is 0.00636. The van der Waals surface area contributed by atoms with Crippen LogP contribution in [0, 0.1) is 5.92 Å². The van der Waals surface area contributed by atoms with Crippen molar-refractivity contribution in [1.29, 1.82) is 0 Å². The molecule has 1 unspecified atom stereocenters. The highest BCUT2D eigenvalue weighted by Crippen LogP contribution is 2.27. The molecular formula is C13H25N3O. The van der Waals surface area contributed by atoms with E-state index in [1.807, 2.05) is 0 Å². The van der Waals surface area contributed by atoms with Crippen molar-refractivity contribution in [3.05, 3.63) is 0 Å². The van der Waals surface area contributed by atoms with Gasteiger partial charge in [0.15, 0.2) is 0 Å². The van der Waals surface area contributed by atoms with Crippen molar-refractivity contribution in [3.8, 4) is 0 Å². The van der Waals surface area contributed by atoms with Gasteiger partial charge in [0, 0.05) is 18.1 Å². The number of nitrogens with one attached hydrogen (secondary N) is 2.